The van der Waals surface area contributed by atoms with Crippen LogP contribution >= 0.6 is 0 Å². The van der Waals surface area contributed by atoms with Gasteiger partial charge in [0.1, 0.15) is 11.5 Å². The minimum absolute atomic E-state index is 0.0803. The van der Waals surface area contributed by atoms with Gasteiger partial charge in [-0.2, -0.15) is 0 Å². The van der Waals surface area contributed by atoms with Gasteiger partial charge in [-0.3, -0.25) is 9.51 Å². The Morgan fingerprint density at radius 1 is 1.02 bits per heavy atom. The first-order chi connectivity index (χ1) is 19.5. The Balaban J connectivity index is 1.48. The van der Waals surface area contributed by atoms with Crippen LogP contribution in [0, 0.1) is 5.92 Å². The number of rotatable bonds is 15. The standard InChI is InChI=1S/C34H38N2O4/c1-3-4-5-8-23-39-32-10-7-6-9-30(32)20-15-27(12-11-26-13-18-29(19-14-26)25(2)37)24-28-16-21-31(22-17-28)33-35-34(38)40-36-33/h6-7,9-10,13-22,27,37H,2-5,8,11-12,23-24H2,1H3,(H,35,36,38)/b20-15+. The highest BCUT2D eigenvalue weighted by molar-refractivity contribution is 5.58. The van der Waals surface area contributed by atoms with Crippen LogP contribution in [0.15, 0.2) is 94.8 Å². The van der Waals surface area contributed by atoms with Crippen molar-refractivity contribution in [2.75, 3.05) is 6.61 Å². The summed E-state index contributed by atoms with van der Waals surface area (Å²) in [5.74, 6) is 1.14. The molecule has 6 heteroatoms. The first-order valence-corrected chi connectivity index (χ1v) is 14.0. The molecule has 0 bridgehead atoms. The van der Waals surface area contributed by atoms with Crippen LogP contribution in [-0.2, 0) is 12.8 Å². The summed E-state index contributed by atoms with van der Waals surface area (Å²) in [6.45, 7) is 6.55. The van der Waals surface area contributed by atoms with E-state index in [-0.39, 0.29) is 11.7 Å². The number of aryl methyl sites for hydroxylation is 1. The molecule has 1 unspecified atom stereocenters. The Bertz CT molecular complexity index is 1430. The topological polar surface area (TPSA) is 88.3 Å². The van der Waals surface area contributed by atoms with E-state index in [4.69, 9.17) is 4.74 Å². The molecule has 0 aliphatic heterocycles. The highest BCUT2D eigenvalue weighted by atomic mass is 16.5. The summed E-state index contributed by atoms with van der Waals surface area (Å²) in [5, 5.41) is 13.4. The average Bonchev–Trinajstić information content (AvgIpc) is 3.41. The van der Waals surface area contributed by atoms with Crippen molar-refractivity contribution in [3.05, 3.63) is 118 Å². The van der Waals surface area contributed by atoms with Crippen LogP contribution in [0.3, 0.4) is 0 Å². The van der Waals surface area contributed by atoms with E-state index in [9.17, 15) is 9.90 Å². The number of hydrogen-bond acceptors (Lipinski definition) is 5. The number of ether oxygens (including phenoxy) is 1. The summed E-state index contributed by atoms with van der Waals surface area (Å²) < 4.78 is 10.8. The van der Waals surface area contributed by atoms with Crippen LogP contribution in [0.2, 0.25) is 0 Å². The molecule has 1 heterocycles. The van der Waals surface area contributed by atoms with E-state index in [1.807, 2.05) is 54.6 Å². The van der Waals surface area contributed by atoms with Gasteiger partial charge in [-0.05, 0) is 48.8 Å². The van der Waals surface area contributed by atoms with Crippen molar-refractivity contribution in [3.63, 3.8) is 0 Å². The van der Waals surface area contributed by atoms with Crippen molar-refractivity contribution in [1.29, 1.82) is 0 Å². The minimum atomic E-state index is -0.564. The van der Waals surface area contributed by atoms with E-state index in [2.05, 4.69) is 58.5 Å². The van der Waals surface area contributed by atoms with E-state index < -0.39 is 5.76 Å². The van der Waals surface area contributed by atoms with Crippen molar-refractivity contribution in [3.8, 4) is 17.1 Å². The third-order valence-electron chi connectivity index (χ3n) is 6.98. The molecule has 3 aromatic carbocycles. The van der Waals surface area contributed by atoms with Crippen molar-refractivity contribution < 1.29 is 14.4 Å². The van der Waals surface area contributed by atoms with Crippen molar-refractivity contribution in [2.24, 2.45) is 5.92 Å². The Labute approximate surface area is 236 Å². The second-order valence-corrected chi connectivity index (χ2v) is 10.1. The van der Waals surface area contributed by atoms with Gasteiger partial charge in [0.15, 0.2) is 5.82 Å². The number of aromatic amines is 1. The second-order valence-electron chi connectivity index (χ2n) is 10.1. The van der Waals surface area contributed by atoms with Gasteiger partial charge in [-0.1, -0.05) is 117 Å². The van der Waals surface area contributed by atoms with Crippen LogP contribution in [0.4, 0.5) is 0 Å². The third kappa shape index (κ3) is 8.60. The molecule has 0 saturated carbocycles. The van der Waals surface area contributed by atoms with Crippen LogP contribution in [-0.4, -0.2) is 21.9 Å². The fraction of sp³-hybridized carbons (Fsp3) is 0.294. The zero-order valence-electron chi connectivity index (χ0n) is 23.1. The summed E-state index contributed by atoms with van der Waals surface area (Å²) >= 11 is 0. The normalized spacial score (nSPS) is 12.0. The summed E-state index contributed by atoms with van der Waals surface area (Å²) in [7, 11) is 0. The number of allylic oxidation sites excluding steroid dienone is 1. The number of para-hydroxylation sites is 1. The van der Waals surface area contributed by atoms with Crippen LogP contribution in [0.5, 0.6) is 5.75 Å². The van der Waals surface area contributed by atoms with E-state index in [0.717, 1.165) is 54.7 Å². The fourth-order valence-corrected chi connectivity index (χ4v) is 4.64. The molecule has 0 spiro atoms. The smallest absolute Gasteiger partial charge is 0.439 e. The molecule has 40 heavy (non-hydrogen) atoms. The summed E-state index contributed by atoms with van der Waals surface area (Å²) in [5.41, 5.74) is 5.03. The molecule has 0 aliphatic carbocycles. The van der Waals surface area contributed by atoms with Gasteiger partial charge < -0.3 is 9.84 Å². The molecule has 208 valence electrons. The molecule has 0 fully saturated rings. The van der Waals surface area contributed by atoms with Gasteiger partial charge in [0, 0.05) is 16.7 Å². The molecule has 0 amide bonds. The van der Waals surface area contributed by atoms with Crippen molar-refractivity contribution in [2.45, 2.75) is 51.9 Å². The van der Waals surface area contributed by atoms with Gasteiger partial charge in [0.25, 0.3) is 0 Å². The Hall–Kier alpha value is -4.32. The molecule has 4 rings (SSSR count). The van der Waals surface area contributed by atoms with E-state index in [0.29, 0.717) is 5.82 Å². The molecular weight excluding hydrogens is 500 g/mol. The van der Waals surface area contributed by atoms with Crippen LogP contribution in [0.25, 0.3) is 23.2 Å². The number of H-pyrrole nitrogens is 1. The third-order valence-corrected chi connectivity index (χ3v) is 6.98. The molecule has 2 N–H and O–H groups in total. The monoisotopic (exact) mass is 538 g/mol. The zero-order chi connectivity index (χ0) is 28.2. The number of unbranched alkanes of at least 4 members (excludes halogenated alkanes) is 3. The average molecular weight is 539 g/mol. The molecule has 0 radical (unpaired) electrons. The van der Waals surface area contributed by atoms with Crippen LogP contribution in [0.1, 0.15) is 61.3 Å². The van der Waals surface area contributed by atoms with Gasteiger partial charge in [0.2, 0.25) is 0 Å². The number of nitrogens with zero attached hydrogens (tertiary/aromatic N) is 1. The predicted octanol–water partition coefficient (Wildman–Crippen LogP) is 8.02. The number of aromatic nitrogens is 2. The minimum Gasteiger partial charge on any atom is -0.508 e. The quantitative estimate of drug-likeness (QED) is 0.118. The highest BCUT2D eigenvalue weighted by Crippen LogP contribution is 2.25. The first-order valence-electron chi connectivity index (χ1n) is 14.0. The Morgan fingerprint density at radius 3 is 2.48 bits per heavy atom. The molecule has 6 nitrogen and oxygen atoms in total. The van der Waals surface area contributed by atoms with E-state index in [1.165, 1.54) is 30.4 Å². The molecule has 1 atom stereocenters. The number of aliphatic hydroxyl groups is 1. The predicted molar refractivity (Wildman–Crippen MR) is 161 cm³/mol. The number of benzene rings is 3. The maximum Gasteiger partial charge on any atom is 0.439 e. The SMILES string of the molecule is C=C(O)c1ccc(CCC(/C=C/c2ccccc2OCCCCCC)Cc2ccc(-c3noc(=O)[nH]3)cc2)cc1. The molecule has 1 aromatic heterocycles. The summed E-state index contributed by atoms with van der Waals surface area (Å²) in [6.07, 6.45) is 11.9. The van der Waals surface area contributed by atoms with Gasteiger partial charge in [-0.25, -0.2) is 4.79 Å². The van der Waals surface area contributed by atoms with Crippen LogP contribution < -0.4 is 10.5 Å². The second kappa shape index (κ2) is 14.7. The lowest BCUT2D eigenvalue weighted by Crippen LogP contribution is -2.04. The number of hydrogen-bond donors (Lipinski definition) is 2. The molecular formula is C34H38N2O4. The maximum absolute atomic E-state index is 11.3. The summed E-state index contributed by atoms with van der Waals surface area (Å²) in [4.78, 5) is 13.9. The Kier molecular flexibility index (Phi) is 10.6. The van der Waals surface area contributed by atoms with Gasteiger partial charge in [0.05, 0.1) is 6.61 Å². The molecule has 0 aliphatic rings. The van der Waals surface area contributed by atoms with E-state index in [1.54, 1.807) is 0 Å². The Morgan fingerprint density at radius 2 is 1.77 bits per heavy atom. The molecule has 4 aromatic rings. The zero-order valence-corrected chi connectivity index (χ0v) is 23.1. The van der Waals surface area contributed by atoms with Crippen molar-refractivity contribution >= 4 is 11.8 Å². The summed E-state index contributed by atoms with van der Waals surface area (Å²) in [6, 6.07) is 24.1. The van der Waals surface area contributed by atoms with Gasteiger partial charge >= 0.3 is 5.76 Å². The molecule has 0 saturated heterocycles. The highest BCUT2D eigenvalue weighted by Gasteiger charge is 2.11. The lowest BCUT2D eigenvalue weighted by Gasteiger charge is -2.15. The van der Waals surface area contributed by atoms with Crippen molar-refractivity contribution in [1.82, 2.24) is 10.1 Å². The maximum atomic E-state index is 11.3. The number of aliphatic hydroxyl groups excluding tert-OH is 1. The number of nitrogens with one attached hydrogen (secondary N) is 1. The fourth-order valence-electron chi connectivity index (χ4n) is 4.64. The van der Waals surface area contributed by atoms with E-state index >= 15 is 0 Å². The largest absolute Gasteiger partial charge is 0.508 e. The lowest BCUT2D eigenvalue weighted by atomic mass is 9.91. The first kappa shape index (κ1) is 28.7. The lowest BCUT2D eigenvalue weighted by molar-refractivity contribution is 0.304. The van der Waals surface area contributed by atoms with Gasteiger partial charge in [-0.15, -0.1) is 0 Å².